The maximum Gasteiger partial charge on any atom is 0.220 e. The van der Waals surface area contributed by atoms with Crippen LogP contribution in [0.1, 0.15) is 64.7 Å². The molecule has 0 aromatic heterocycles. The minimum Gasteiger partial charge on any atom is -0.356 e. The molecule has 0 aromatic carbocycles. The van der Waals surface area contributed by atoms with Gasteiger partial charge in [0.25, 0.3) is 0 Å². The smallest absolute Gasteiger partial charge is 0.220 e. The first-order chi connectivity index (χ1) is 9.16. The maximum atomic E-state index is 11.9. The van der Waals surface area contributed by atoms with Gasteiger partial charge in [-0.1, -0.05) is 39.0 Å². The number of hydrogen-bond acceptors (Lipinski definition) is 2. The Kier molecular flexibility index (Phi) is 7.90. The zero-order chi connectivity index (χ0) is 13.7. The molecule has 2 saturated carbocycles. The number of rotatable bonds is 5. The van der Waals surface area contributed by atoms with Gasteiger partial charge in [-0.3, -0.25) is 4.79 Å². The number of nitrogens with two attached hydrogens (primary N) is 1. The molecule has 3 nitrogen and oxygen atoms in total. The predicted molar refractivity (Wildman–Crippen MR) is 85.9 cm³/mol. The first-order valence-corrected chi connectivity index (χ1v) is 8.19. The monoisotopic (exact) mass is 302 g/mol. The van der Waals surface area contributed by atoms with Gasteiger partial charge in [0.05, 0.1) is 0 Å². The number of amides is 1. The van der Waals surface area contributed by atoms with Crippen molar-refractivity contribution in [2.45, 2.75) is 70.8 Å². The largest absolute Gasteiger partial charge is 0.356 e. The quantitative estimate of drug-likeness (QED) is 0.819. The highest BCUT2D eigenvalue weighted by Crippen LogP contribution is 2.31. The lowest BCUT2D eigenvalue weighted by atomic mass is 9.79. The highest BCUT2D eigenvalue weighted by Gasteiger charge is 2.26. The van der Waals surface area contributed by atoms with E-state index in [4.69, 9.17) is 5.73 Å². The number of carbonyl (C=O) groups is 1. The molecule has 0 saturated heterocycles. The van der Waals surface area contributed by atoms with E-state index in [0.717, 1.165) is 37.6 Å². The van der Waals surface area contributed by atoms with Crippen LogP contribution in [0.15, 0.2) is 0 Å². The van der Waals surface area contributed by atoms with E-state index in [9.17, 15) is 4.79 Å². The summed E-state index contributed by atoms with van der Waals surface area (Å²) >= 11 is 0. The van der Waals surface area contributed by atoms with E-state index in [1.807, 2.05) is 0 Å². The molecule has 2 aliphatic carbocycles. The third-order valence-electron chi connectivity index (χ3n) is 5.29. The Balaban J connectivity index is 0.00000200. The van der Waals surface area contributed by atoms with Gasteiger partial charge in [-0.2, -0.15) is 0 Å². The Labute approximate surface area is 129 Å². The van der Waals surface area contributed by atoms with Gasteiger partial charge < -0.3 is 11.1 Å². The lowest BCUT2D eigenvalue weighted by Gasteiger charge is -2.28. The third kappa shape index (κ3) is 5.25. The molecule has 3 N–H and O–H groups in total. The second-order valence-corrected chi connectivity index (χ2v) is 6.72. The normalized spacial score (nSPS) is 33.5. The lowest BCUT2D eigenvalue weighted by molar-refractivity contribution is -0.122. The molecule has 0 spiro atoms. The zero-order valence-corrected chi connectivity index (χ0v) is 13.6. The van der Waals surface area contributed by atoms with Crippen molar-refractivity contribution >= 4 is 18.3 Å². The van der Waals surface area contributed by atoms with Gasteiger partial charge >= 0.3 is 0 Å². The Bertz CT molecular complexity index is 298. The fourth-order valence-corrected chi connectivity index (χ4v) is 3.85. The molecule has 4 atom stereocenters. The van der Waals surface area contributed by atoms with Gasteiger partial charge in [0.2, 0.25) is 5.91 Å². The van der Waals surface area contributed by atoms with Gasteiger partial charge in [0.1, 0.15) is 0 Å². The van der Waals surface area contributed by atoms with Crippen LogP contribution in [0.25, 0.3) is 0 Å². The first kappa shape index (κ1) is 17.8. The van der Waals surface area contributed by atoms with Gasteiger partial charge in [-0.25, -0.2) is 0 Å². The molecule has 2 rings (SSSR count). The highest BCUT2D eigenvalue weighted by atomic mass is 35.5. The molecule has 20 heavy (non-hydrogen) atoms. The van der Waals surface area contributed by atoms with Crippen molar-refractivity contribution in [2.75, 3.05) is 6.54 Å². The van der Waals surface area contributed by atoms with Crippen molar-refractivity contribution in [1.29, 1.82) is 0 Å². The van der Waals surface area contributed by atoms with Crippen LogP contribution in [0, 0.1) is 17.8 Å². The van der Waals surface area contributed by atoms with E-state index >= 15 is 0 Å². The SMILES string of the molecule is CC1CCCCC1CCNC(=O)C[C@@H]1CCC[C@H]1N.Cl. The summed E-state index contributed by atoms with van der Waals surface area (Å²) in [5.41, 5.74) is 6.01. The number of hydrogen-bond donors (Lipinski definition) is 2. The van der Waals surface area contributed by atoms with E-state index in [2.05, 4.69) is 12.2 Å². The summed E-state index contributed by atoms with van der Waals surface area (Å²) in [6.07, 6.45) is 10.7. The van der Waals surface area contributed by atoms with Gasteiger partial charge in [0.15, 0.2) is 0 Å². The average Bonchev–Trinajstić information content (AvgIpc) is 2.77. The van der Waals surface area contributed by atoms with Crippen molar-refractivity contribution < 1.29 is 4.79 Å². The molecular weight excluding hydrogens is 272 g/mol. The minimum atomic E-state index is 0. The third-order valence-corrected chi connectivity index (χ3v) is 5.29. The summed E-state index contributed by atoms with van der Waals surface area (Å²) in [4.78, 5) is 11.9. The van der Waals surface area contributed by atoms with Crippen LogP contribution >= 0.6 is 12.4 Å². The number of halogens is 1. The van der Waals surface area contributed by atoms with Gasteiger partial charge in [-0.05, 0) is 37.0 Å². The highest BCUT2D eigenvalue weighted by molar-refractivity contribution is 5.85. The van der Waals surface area contributed by atoms with Crippen LogP contribution < -0.4 is 11.1 Å². The lowest BCUT2D eigenvalue weighted by Crippen LogP contribution is -2.33. The molecule has 2 unspecified atom stereocenters. The maximum absolute atomic E-state index is 11.9. The first-order valence-electron chi connectivity index (χ1n) is 8.19. The molecule has 2 aliphatic rings. The fourth-order valence-electron chi connectivity index (χ4n) is 3.85. The molecule has 0 radical (unpaired) electrons. The Morgan fingerprint density at radius 2 is 1.80 bits per heavy atom. The molecule has 0 heterocycles. The molecule has 4 heteroatoms. The summed E-state index contributed by atoms with van der Waals surface area (Å²) in [5, 5.41) is 3.10. The Morgan fingerprint density at radius 1 is 1.10 bits per heavy atom. The van der Waals surface area contributed by atoms with Crippen molar-refractivity contribution in [1.82, 2.24) is 5.32 Å². The van der Waals surface area contributed by atoms with Crippen LogP contribution in [0.5, 0.6) is 0 Å². The summed E-state index contributed by atoms with van der Waals surface area (Å²) in [7, 11) is 0. The van der Waals surface area contributed by atoms with Crippen LogP contribution in [-0.4, -0.2) is 18.5 Å². The fraction of sp³-hybridized carbons (Fsp3) is 0.938. The van der Waals surface area contributed by atoms with Crippen molar-refractivity contribution in [2.24, 2.45) is 23.5 Å². The summed E-state index contributed by atoms with van der Waals surface area (Å²) < 4.78 is 0. The van der Waals surface area contributed by atoms with Crippen LogP contribution in [-0.2, 0) is 4.79 Å². The van der Waals surface area contributed by atoms with Crippen LogP contribution in [0.4, 0.5) is 0 Å². The van der Waals surface area contributed by atoms with E-state index in [1.165, 1.54) is 32.1 Å². The van der Waals surface area contributed by atoms with Crippen LogP contribution in [0.3, 0.4) is 0 Å². The van der Waals surface area contributed by atoms with Crippen molar-refractivity contribution in [3.8, 4) is 0 Å². The standard InChI is InChI=1S/C16H30N2O.ClH/c1-12-5-2-3-6-13(12)9-10-18-16(19)11-14-7-4-8-15(14)17;/h12-15H,2-11,17H2,1H3,(H,18,19);1H/t12?,13?,14-,15+;/m0./s1. The van der Waals surface area contributed by atoms with Crippen molar-refractivity contribution in [3.63, 3.8) is 0 Å². The molecule has 1 amide bonds. The summed E-state index contributed by atoms with van der Waals surface area (Å²) in [6, 6.07) is 0.254. The Morgan fingerprint density at radius 3 is 2.45 bits per heavy atom. The second-order valence-electron chi connectivity index (χ2n) is 6.72. The topological polar surface area (TPSA) is 55.1 Å². The molecule has 0 aliphatic heterocycles. The molecular formula is C16H31ClN2O. The molecule has 0 aromatic rings. The Hall–Kier alpha value is -0.280. The van der Waals surface area contributed by atoms with E-state index in [1.54, 1.807) is 0 Å². The minimum absolute atomic E-state index is 0. The van der Waals surface area contributed by atoms with Gasteiger partial charge in [0, 0.05) is 19.0 Å². The summed E-state index contributed by atoms with van der Waals surface area (Å²) in [5.74, 6) is 2.30. The molecule has 118 valence electrons. The van der Waals surface area contributed by atoms with Crippen LogP contribution in [0.2, 0.25) is 0 Å². The predicted octanol–water partition coefficient (Wildman–Crippen LogP) is 3.26. The zero-order valence-electron chi connectivity index (χ0n) is 12.8. The second kappa shape index (κ2) is 8.89. The molecule has 2 fully saturated rings. The van der Waals surface area contributed by atoms with Crippen molar-refractivity contribution in [3.05, 3.63) is 0 Å². The van der Waals surface area contributed by atoms with Gasteiger partial charge in [-0.15, -0.1) is 12.4 Å². The average molecular weight is 303 g/mol. The molecule has 0 bridgehead atoms. The van der Waals surface area contributed by atoms with E-state index in [-0.39, 0.29) is 24.4 Å². The number of carbonyl (C=O) groups excluding carboxylic acids is 1. The van der Waals surface area contributed by atoms with E-state index in [0.29, 0.717) is 12.3 Å². The summed E-state index contributed by atoms with van der Waals surface area (Å²) in [6.45, 7) is 3.22. The van der Waals surface area contributed by atoms with E-state index < -0.39 is 0 Å². The number of nitrogens with one attached hydrogen (secondary N) is 1.